The molecule has 0 aliphatic carbocycles. The van der Waals surface area contributed by atoms with Gasteiger partial charge in [0.25, 0.3) is 0 Å². The minimum absolute atomic E-state index is 0.165. The summed E-state index contributed by atoms with van der Waals surface area (Å²) in [7, 11) is 2.14. The molecule has 0 radical (unpaired) electrons. The lowest BCUT2D eigenvalue weighted by Gasteiger charge is -2.21. The minimum atomic E-state index is -0.165. The first kappa shape index (κ1) is 14.0. The van der Waals surface area contributed by atoms with Crippen molar-refractivity contribution in [2.24, 2.45) is 0 Å². The standard InChI is InChI=1S/C15H25NO/c1-12-8-9-15(13(2)11-12)16(4)10-6-5-7-14(3)17/h8-9,11,14,17H,5-7,10H2,1-4H3. The number of aliphatic hydroxyl groups is 1. The molecule has 0 fully saturated rings. The van der Waals surface area contributed by atoms with Crippen LogP contribution in [0.15, 0.2) is 18.2 Å². The van der Waals surface area contributed by atoms with Crippen molar-refractivity contribution >= 4 is 5.69 Å². The number of rotatable bonds is 6. The molecule has 0 saturated carbocycles. The van der Waals surface area contributed by atoms with Crippen LogP contribution >= 0.6 is 0 Å². The summed E-state index contributed by atoms with van der Waals surface area (Å²) in [6, 6.07) is 6.58. The molecule has 1 aromatic carbocycles. The first-order valence-electron chi connectivity index (χ1n) is 6.47. The van der Waals surface area contributed by atoms with E-state index in [-0.39, 0.29) is 6.10 Å². The normalized spacial score (nSPS) is 12.5. The fraction of sp³-hybridized carbons (Fsp3) is 0.600. The van der Waals surface area contributed by atoms with Crippen molar-refractivity contribution in [3.63, 3.8) is 0 Å². The molecule has 1 N–H and O–H groups in total. The topological polar surface area (TPSA) is 23.5 Å². The van der Waals surface area contributed by atoms with Gasteiger partial charge < -0.3 is 10.0 Å². The Morgan fingerprint density at radius 2 is 1.94 bits per heavy atom. The van der Waals surface area contributed by atoms with Gasteiger partial charge in [-0.15, -0.1) is 0 Å². The van der Waals surface area contributed by atoms with Crippen LogP contribution in [0.25, 0.3) is 0 Å². The molecule has 2 nitrogen and oxygen atoms in total. The molecule has 96 valence electrons. The smallest absolute Gasteiger partial charge is 0.0512 e. The zero-order chi connectivity index (χ0) is 12.8. The fourth-order valence-corrected chi connectivity index (χ4v) is 2.14. The largest absolute Gasteiger partial charge is 0.393 e. The van der Waals surface area contributed by atoms with Crippen LogP contribution in [0.3, 0.4) is 0 Å². The Kier molecular flexibility index (Phi) is 5.49. The van der Waals surface area contributed by atoms with Crippen molar-refractivity contribution in [2.45, 2.75) is 46.1 Å². The zero-order valence-corrected chi connectivity index (χ0v) is 11.5. The van der Waals surface area contributed by atoms with Crippen LogP contribution in [0.4, 0.5) is 5.69 Å². The fourth-order valence-electron chi connectivity index (χ4n) is 2.14. The maximum absolute atomic E-state index is 9.20. The third-order valence-electron chi connectivity index (χ3n) is 3.13. The van der Waals surface area contributed by atoms with Crippen LogP contribution in [-0.4, -0.2) is 24.8 Å². The van der Waals surface area contributed by atoms with Gasteiger partial charge in [0.05, 0.1) is 6.10 Å². The highest BCUT2D eigenvalue weighted by Crippen LogP contribution is 2.20. The molecular formula is C15H25NO. The van der Waals surface area contributed by atoms with Crippen molar-refractivity contribution in [2.75, 3.05) is 18.5 Å². The summed E-state index contributed by atoms with van der Waals surface area (Å²) in [5.74, 6) is 0. The maximum Gasteiger partial charge on any atom is 0.0512 e. The summed E-state index contributed by atoms with van der Waals surface area (Å²) in [5.41, 5.74) is 3.96. The molecule has 17 heavy (non-hydrogen) atoms. The Morgan fingerprint density at radius 3 is 2.53 bits per heavy atom. The van der Waals surface area contributed by atoms with E-state index >= 15 is 0 Å². The second kappa shape index (κ2) is 6.65. The zero-order valence-electron chi connectivity index (χ0n) is 11.5. The van der Waals surface area contributed by atoms with Gasteiger partial charge in [-0.2, -0.15) is 0 Å². The van der Waals surface area contributed by atoms with Crippen molar-refractivity contribution in [3.05, 3.63) is 29.3 Å². The van der Waals surface area contributed by atoms with E-state index in [0.717, 1.165) is 25.8 Å². The molecule has 0 amide bonds. The van der Waals surface area contributed by atoms with E-state index in [9.17, 15) is 5.11 Å². The molecule has 0 bridgehead atoms. The van der Waals surface area contributed by atoms with Gasteiger partial charge in [0.1, 0.15) is 0 Å². The molecule has 0 aliphatic heterocycles. The van der Waals surface area contributed by atoms with Gasteiger partial charge in [-0.3, -0.25) is 0 Å². The van der Waals surface area contributed by atoms with E-state index in [0.29, 0.717) is 0 Å². The van der Waals surface area contributed by atoms with Crippen molar-refractivity contribution < 1.29 is 5.11 Å². The number of unbranched alkanes of at least 4 members (excludes halogenated alkanes) is 1. The molecule has 1 aromatic rings. The Labute approximate surface area is 105 Å². The summed E-state index contributed by atoms with van der Waals surface area (Å²) in [6.45, 7) is 7.19. The van der Waals surface area contributed by atoms with E-state index in [2.05, 4.69) is 44.0 Å². The second-order valence-corrected chi connectivity index (χ2v) is 5.06. The summed E-state index contributed by atoms with van der Waals surface area (Å²) >= 11 is 0. The molecule has 0 saturated heterocycles. The molecular weight excluding hydrogens is 210 g/mol. The van der Waals surface area contributed by atoms with E-state index in [1.54, 1.807) is 0 Å². The predicted molar refractivity (Wildman–Crippen MR) is 74.7 cm³/mol. The number of hydrogen-bond donors (Lipinski definition) is 1. The highest BCUT2D eigenvalue weighted by molar-refractivity contribution is 5.53. The summed E-state index contributed by atoms with van der Waals surface area (Å²) in [6.07, 6.45) is 2.96. The molecule has 0 aliphatic rings. The quantitative estimate of drug-likeness (QED) is 0.765. The maximum atomic E-state index is 9.20. The Hall–Kier alpha value is -1.02. The third kappa shape index (κ3) is 4.78. The van der Waals surface area contributed by atoms with Gasteiger partial charge in [-0.1, -0.05) is 17.7 Å². The van der Waals surface area contributed by atoms with Crippen molar-refractivity contribution in [1.29, 1.82) is 0 Å². The lowest BCUT2D eigenvalue weighted by molar-refractivity contribution is 0.181. The molecule has 1 rings (SSSR count). The lowest BCUT2D eigenvalue weighted by Crippen LogP contribution is -2.19. The number of aliphatic hydroxyl groups excluding tert-OH is 1. The average molecular weight is 235 g/mol. The van der Waals surface area contributed by atoms with E-state index in [1.165, 1.54) is 16.8 Å². The summed E-state index contributed by atoms with van der Waals surface area (Å²) in [5, 5.41) is 9.20. The third-order valence-corrected chi connectivity index (χ3v) is 3.13. The van der Waals surface area contributed by atoms with Crippen LogP contribution in [0.2, 0.25) is 0 Å². The molecule has 0 aromatic heterocycles. The van der Waals surface area contributed by atoms with Crippen molar-refractivity contribution in [3.8, 4) is 0 Å². The molecule has 1 unspecified atom stereocenters. The van der Waals surface area contributed by atoms with Gasteiger partial charge in [0.15, 0.2) is 0 Å². The molecule has 2 heteroatoms. The van der Waals surface area contributed by atoms with Gasteiger partial charge in [-0.05, 0) is 51.7 Å². The molecule has 1 atom stereocenters. The lowest BCUT2D eigenvalue weighted by atomic mass is 10.1. The second-order valence-electron chi connectivity index (χ2n) is 5.06. The first-order valence-corrected chi connectivity index (χ1v) is 6.47. The number of nitrogens with zero attached hydrogens (tertiary/aromatic N) is 1. The number of aryl methyl sites for hydroxylation is 2. The van der Waals surface area contributed by atoms with Crippen LogP contribution in [-0.2, 0) is 0 Å². The van der Waals surface area contributed by atoms with Crippen LogP contribution in [0.1, 0.15) is 37.3 Å². The van der Waals surface area contributed by atoms with Crippen LogP contribution in [0.5, 0.6) is 0 Å². The minimum Gasteiger partial charge on any atom is -0.393 e. The molecule has 0 heterocycles. The Morgan fingerprint density at radius 1 is 1.24 bits per heavy atom. The van der Waals surface area contributed by atoms with Crippen molar-refractivity contribution in [1.82, 2.24) is 0 Å². The first-order chi connectivity index (χ1) is 8.00. The van der Waals surface area contributed by atoms with Gasteiger partial charge in [0.2, 0.25) is 0 Å². The Bertz CT molecular complexity index is 347. The number of hydrogen-bond acceptors (Lipinski definition) is 2. The molecule has 0 spiro atoms. The van der Waals surface area contributed by atoms with Crippen LogP contribution in [0, 0.1) is 13.8 Å². The average Bonchev–Trinajstić information content (AvgIpc) is 2.23. The summed E-state index contributed by atoms with van der Waals surface area (Å²) in [4.78, 5) is 2.30. The van der Waals surface area contributed by atoms with E-state index < -0.39 is 0 Å². The summed E-state index contributed by atoms with van der Waals surface area (Å²) < 4.78 is 0. The number of benzene rings is 1. The Balaban J connectivity index is 2.44. The number of anilines is 1. The van der Waals surface area contributed by atoms with Gasteiger partial charge in [-0.25, -0.2) is 0 Å². The van der Waals surface area contributed by atoms with Gasteiger partial charge in [0, 0.05) is 19.3 Å². The highest BCUT2D eigenvalue weighted by atomic mass is 16.3. The monoisotopic (exact) mass is 235 g/mol. The van der Waals surface area contributed by atoms with E-state index in [4.69, 9.17) is 0 Å². The SMILES string of the molecule is Cc1ccc(N(C)CCCCC(C)O)c(C)c1. The van der Waals surface area contributed by atoms with Crippen LogP contribution < -0.4 is 4.90 Å². The predicted octanol–water partition coefficient (Wildman–Crippen LogP) is 3.29. The highest BCUT2D eigenvalue weighted by Gasteiger charge is 2.04. The van der Waals surface area contributed by atoms with E-state index in [1.807, 2.05) is 6.92 Å². The van der Waals surface area contributed by atoms with Gasteiger partial charge >= 0.3 is 0 Å².